The van der Waals surface area contributed by atoms with Gasteiger partial charge in [-0.3, -0.25) is 9.36 Å². The average molecular weight is 222 g/mol. The highest BCUT2D eigenvalue weighted by Crippen LogP contribution is 2.33. The van der Waals surface area contributed by atoms with Crippen LogP contribution in [0, 0.1) is 0 Å². The number of aromatic nitrogens is 2. The van der Waals surface area contributed by atoms with Crippen LogP contribution in [0.4, 0.5) is 0 Å². The lowest BCUT2D eigenvalue weighted by atomic mass is 10.2. The number of aromatic amines is 1. The second-order valence-electron chi connectivity index (χ2n) is 3.86. The van der Waals surface area contributed by atoms with E-state index in [4.69, 9.17) is 0 Å². The van der Waals surface area contributed by atoms with Gasteiger partial charge in [-0.1, -0.05) is 0 Å². The number of thiophene rings is 1. The molecule has 2 aromatic rings. The Morgan fingerprint density at radius 1 is 1.33 bits per heavy atom. The molecule has 0 amide bonds. The van der Waals surface area contributed by atoms with Gasteiger partial charge in [-0.25, -0.2) is 4.79 Å². The maximum Gasteiger partial charge on any atom is 0.328 e. The van der Waals surface area contributed by atoms with Crippen LogP contribution in [0.25, 0.3) is 10.2 Å². The maximum absolute atomic E-state index is 11.8. The zero-order chi connectivity index (χ0) is 10.6. The molecule has 15 heavy (non-hydrogen) atoms. The minimum Gasteiger partial charge on any atom is -0.306 e. The molecular weight excluding hydrogens is 212 g/mol. The Bertz CT molecular complexity index is 662. The monoisotopic (exact) mass is 222 g/mol. The van der Waals surface area contributed by atoms with Crippen LogP contribution in [0.15, 0.2) is 9.59 Å². The van der Waals surface area contributed by atoms with Gasteiger partial charge in [0.05, 0.1) is 5.52 Å². The van der Waals surface area contributed by atoms with Crippen molar-refractivity contribution in [1.29, 1.82) is 0 Å². The summed E-state index contributed by atoms with van der Waals surface area (Å²) in [4.78, 5) is 27.3. The Kier molecular flexibility index (Phi) is 1.68. The van der Waals surface area contributed by atoms with Crippen LogP contribution in [-0.4, -0.2) is 9.55 Å². The fraction of sp³-hybridized carbons (Fsp3) is 0.400. The van der Waals surface area contributed by atoms with Crippen molar-refractivity contribution in [2.75, 3.05) is 0 Å². The summed E-state index contributed by atoms with van der Waals surface area (Å²) >= 11 is 1.53. The molecule has 0 radical (unpaired) electrons. The molecule has 1 aliphatic carbocycles. The van der Waals surface area contributed by atoms with Gasteiger partial charge in [0.15, 0.2) is 0 Å². The van der Waals surface area contributed by atoms with Crippen molar-refractivity contribution in [3.8, 4) is 0 Å². The highest BCUT2D eigenvalue weighted by molar-refractivity contribution is 7.19. The lowest BCUT2D eigenvalue weighted by Crippen LogP contribution is -2.31. The van der Waals surface area contributed by atoms with Gasteiger partial charge in [0.25, 0.3) is 5.56 Å². The number of nitrogens with one attached hydrogen (secondary N) is 1. The summed E-state index contributed by atoms with van der Waals surface area (Å²) in [5, 5.41) is 0. The van der Waals surface area contributed by atoms with Crippen LogP contribution in [-0.2, 0) is 19.9 Å². The maximum atomic E-state index is 11.8. The summed E-state index contributed by atoms with van der Waals surface area (Å²) in [5.41, 5.74) is 1.47. The van der Waals surface area contributed by atoms with Gasteiger partial charge in [-0.2, -0.15) is 0 Å². The van der Waals surface area contributed by atoms with E-state index in [1.807, 2.05) is 0 Å². The van der Waals surface area contributed by atoms with Crippen LogP contribution in [0.5, 0.6) is 0 Å². The zero-order valence-corrected chi connectivity index (χ0v) is 9.11. The lowest BCUT2D eigenvalue weighted by molar-refractivity contribution is 0.794. The second-order valence-corrected chi connectivity index (χ2v) is 4.96. The summed E-state index contributed by atoms with van der Waals surface area (Å²) in [7, 11) is 1.51. The number of hydrogen-bond donors (Lipinski definition) is 1. The van der Waals surface area contributed by atoms with Crippen LogP contribution in [0.2, 0.25) is 0 Å². The molecule has 0 unspecified atom stereocenters. The fourth-order valence-corrected chi connectivity index (χ4v) is 3.44. The molecule has 3 rings (SSSR count). The highest BCUT2D eigenvalue weighted by atomic mass is 32.1. The molecule has 0 aliphatic heterocycles. The van der Waals surface area contributed by atoms with Gasteiger partial charge in [-0.05, 0) is 24.8 Å². The van der Waals surface area contributed by atoms with Crippen molar-refractivity contribution in [3.63, 3.8) is 0 Å². The molecule has 2 heterocycles. The quantitative estimate of drug-likeness (QED) is 0.716. The van der Waals surface area contributed by atoms with Crippen LogP contribution in [0.3, 0.4) is 0 Å². The third-order valence-corrected chi connectivity index (χ3v) is 4.24. The Morgan fingerprint density at radius 3 is 2.93 bits per heavy atom. The van der Waals surface area contributed by atoms with Crippen molar-refractivity contribution >= 4 is 21.6 Å². The van der Waals surface area contributed by atoms with Gasteiger partial charge in [-0.15, -0.1) is 11.3 Å². The minimum atomic E-state index is -0.319. The first-order valence-electron chi connectivity index (χ1n) is 4.92. The summed E-state index contributed by atoms with van der Waals surface area (Å²) < 4.78 is 1.83. The molecular formula is C10H10N2O2S. The predicted molar refractivity (Wildman–Crippen MR) is 59.7 cm³/mol. The molecule has 1 N–H and O–H groups in total. The molecule has 1 aliphatic rings. The molecule has 0 fully saturated rings. The highest BCUT2D eigenvalue weighted by Gasteiger charge is 2.20. The number of hydrogen-bond acceptors (Lipinski definition) is 3. The summed E-state index contributed by atoms with van der Waals surface area (Å²) in [5.74, 6) is 0. The van der Waals surface area contributed by atoms with Crippen LogP contribution >= 0.6 is 11.3 Å². The molecule has 5 heteroatoms. The molecule has 2 aromatic heterocycles. The van der Waals surface area contributed by atoms with Crippen LogP contribution in [0.1, 0.15) is 16.9 Å². The van der Waals surface area contributed by atoms with E-state index in [9.17, 15) is 9.59 Å². The molecule has 0 saturated carbocycles. The number of H-pyrrole nitrogens is 1. The van der Waals surface area contributed by atoms with Crippen molar-refractivity contribution in [3.05, 3.63) is 31.3 Å². The fourth-order valence-electron chi connectivity index (χ4n) is 2.12. The van der Waals surface area contributed by atoms with Gasteiger partial charge < -0.3 is 4.98 Å². The van der Waals surface area contributed by atoms with Crippen molar-refractivity contribution in [1.82, 2.24) is 9.55 Å². The SMILES string of the molecule is Cn1c(=O)[nH]c2c3c(sc2c1=O)CCC3. The molecule has 0 bridgehead atoms. The summed E-state index contributed by atoms with van der Waals surface area (Å²) in [6, 6.07) is 0. The normalized spacial score (nSPS) is 14.7. The summed E-state index contributed by atoms with van der Waals surface area (Å²) in [6.07, 6.45) is 3.16. The average Bonchev–Trinajstić information content (AvgIpc) is 2.76. The van der Waals surface area contributed by atoms with E-state index in [0.29, 0.717) is 4.70 Å². The zero-order valence-electron chi connectivity index (χ0n) is 8.29. The Balaban J connectivity index is 2.56. The predicted octanol–water partition coefficient (Wildman–Crippen LogP) is 0.777. The molecule has 0 saturated heterocycles. The Morgan fingerprint density at radius 2 is 2.13 bits per heavy atom. The Hall–Kier alpha value is -1.36. The first-order chi connectivity index (χ1) is 7.18. The first kappa shape index (κ1) is 8.91. The van der Waals surface area contributed by atoms with E-state index in [-0.39, 0.29) is 11.2 Å². The minimum absolute atomic E-state index is 0.173. The van der Waals surface area contributed by atoms with Gasteiger partial charge in [0.2, 0.25) is 0 Å². The van der Waals surface area contributed by atoms with Gasteiger partial charge in [0.1, 0.15) is 4.70 Å². The number of aryl methyl sites for hydroxylation is 2. The van der Waals surface area contributed by atoms with Crippen molar-refractivity contribution in [2.45, 2.75) is 19.3 Å². The topological polar surface area (TPSA) is 54.9 Å². The van der Waals surface area contributed by atoms with Crippen molar-refractivity contribution < 1.29 is 0 Å². The van der Waals surface area contributed by atoms with E-state index >= 15 is 0 Å². The van der Waals surface area contributed by atoms with Crippen molar-refractivity contribution in [2.24, 2.45) is 7.05 Å². The third-order valence-electron chi connectivity index (χ3n) is 2.96. The molecule has 78 valence electrons. The molecule has 4 nitrogen and oxygen atoms in total. The van der Waals surface area contributed by atoms with E-state index in [1.54, 1.807) is 0 Å². The molecule has 0 spiro atoms. The number of rotatable bonds is 0. The van der Waals surface area contributed by atoms with Crippen LogP contribution < -0.4 is 11.2 Å². The second kappa shape index (κ2) is 2.82. The molecule has 0 atom stereocenters. The van der Waals surface area contributed by atoms with E-state index < -0.39 is 0 Å². The largest absolute Gasteiger partial charge is 0.328 e. The standard InChI is InChI=1S/C10H10N2O2S/c1-12-9(13)8-7(11-10(12)14)5-3-2-4-6(5)15-8/h2-4H2,1H3,(H,11,14). The third kappa shape index (κ3) is 1.07. The van der Waals surface area contributed by atoms with E-state index in [0.717, 1.165) is 29.3 Å². The van der Waals surface area contributed by atoms with Gasteiger partial charge >= 0.3 is 5.69 Å². The van der Waals surface area contributed by atoms with E-state index in [2.05, 4.69) is 4.98 Å². The lowest BCUT2D eigenvalue weighted by Gasteiger charge is -1.97. The van der Waals surface area contributed by atoms with E-state index in [1.165, 1.54) is 28.8 Å². The smallest absolute Gasteiger partial charge is 0.306 e. The summed E-state index contributed by atoms with van der Waals surface area (Å²) in [6.45, 7) is 0. The molecule has 0 aromatic carbocycles. The van der Waals surface area contributed by atoms with Gasteiger partial charge in [0, 0.05) is 11.9 Å². The number of nitrogens with zero attached hydrogens (tertiary/aromatic N) is 1. The first-order valence-corrected chi connectivity index (χ1v) is 5.73. The number of fused-ring (bicyclic) bond motifs is 3. The Labute approximate surface area is 89.2 Å².